The molecule has 1 unspecified atom stereocenters. The van der Waals surface area contributed by atoms with Crippen LogP contribution in [0.15, 0.2) is 60.7 Å². The topological polar surface area (TPSA) is 12.0 Å². The lowest BCUT2D eigenvalue weighted by Gasteiger charge is -2.20. The highest BCUT2D eigenvalue weighted by atomic mass is 35.5. The van der Waals surface area contributed by atoms with Gasteiger partial charge in [-0.25, -0.2) is 0 Å². The zero-order valence-electron chi connectivity index (χ0n) is 10.8. The molecule has 0 aromatic heterocycles. The fraction of sp³-hybridized carbons (Fsp3) is 0.250. The Hall–Kier alpha value is -1.31. The molecule has 96 valence electrons. The lowest BCUT2D eigenvalue weighted by atomic mass is 10.0. The molecule has 18 heavy (non-hydrogen) atoms. The van der Waals surface area contributed by atoms with Gasteiger partial charge in [-0.05, 0) is 25.0 Å². The predicted octanol–water partition coefficient (Wildman–Crippen LogP) is 4.52. The molecule has 0 spiro atoms. The molecule has 2 aromatic carbocycles. The third-order valence-corrected chi connectivity index (χ3v) is 3.10. The first-order valence-electron chi connectivity index (χ1n) is 6.13. The van der Waals surface area contributed by atoms with Gasteiger partial charge in [0.25, 0.3) is 0 Å². The average Bonchev–Trinajstić information content (AvgIpc) is 2.40. The molecule has 2 rings (SSSR count). The fourth-order valence-corrected chi connectivity index (χ4v) is 2.05. The Bertz CT molecular complexity index is 398. The van der Waals surface area contributed by atoms with Crippen LogP contribution in [-0.2, 0) is 0 Å². The van der Waals surface area contributed by atoms with E-state index in [0.29, 0.717) is 12.1 Å². The number of benzene rings is 2. The van der Waals surface area contributed by atoms with Gasteiger partial charge in [-0.2, -0.15) is 0 Å². The minimum absolute atomic E-state index is 0. The van der Waals surface area contributed by atoms with Crippen LogP contribution in [0.4, 0.5) is 0 Å². The second-order valence-corrected chi connectivity index (χ2v) is 4.43. The van der Waals surface area contributed by atoms with Crippen molar-refractivity contribution in [1.82, 2.24) is 5.32 Å². The Balaban J connectivity index is 0.00000162. The van der Waals surface area contributed by atoms with E-state index in [0.717, 1.165) is 0 Å². The van der Waals surface area contributed by atoms with Crippen molar-refractivity contribution >= 4 is 12.4 Å². The average molecular weight is 262 g/mol. The van der Waals surface area contributed by atoms with Gasteiger partial charge in [0.05, 0.1) is 0 Å². The molecule has 0 saturated carbocycles. The van der Waals surface area contributed by atoms with Crippen LogP contribution in [0.3, 0.4) is 0 Å². The zero-order chi connectivity index (χ0) is 12.1. The Morgan fingerprint density at radius 2 is 1.00 bits per heavy atom. The number of hydrogen-bond donors (Lipinski definition) is 1. The van der Waals surface area contributed by atoms with Crippen molar-refractivity contribution in [2.24, 2.45) is 0 Å². The van der Waals surface area contributed by atoms with Crippen molar-refractivity contribution in [1.29, 1.82) is 0 Å². The summed E-state index contributed by atoms with van der Waals surface area (Å²) in [6.07, 6.45) is 0. The molecular formula is C16H20ClN. The minimum atomic E-state index is 0. The first-order chi connectivity index (χ1) is 8.27. The maximum Gasteiger partial charge on any atom is 0.0297 e. The molecule has 0 amide bonds. The Morgan fingerprint density at radius 3 is 1.33 bits per heavy atom. The van der Waals surface area contributed by atoms with Crippen LogP contribution in [0.5, 0.6) is 0 Å². The highest BCUT2D eigenvalue weighted by Crippen LogP contribution is 2.18. The third-order valence-electron chi connectivity index (χ3n) is 3.10. The maximum absolute atomic E-state index is 3.61. The van der Waals surface area contributed by atoms with E-state index in [-0.39, 0.29) is 12.4 Å². The molecule has 0 fully saturated rings. The molecule has 2 heteroatoms. The first-order valence-corrected chi connectivity index (χ1v) is 6.13. The van der Waals surface area contributed by atoms with Gasteiger partial charge < -0.3 is 5.32 Å². The van der Waals surface area contributed by atoms with E-state index in [9.17, 15) is 0 Å². The van der Waals surface area contributed by atoms with Gasteiger partial charge in [0, 0.05) is 12.1 Å². The van der Waals surface area contributed by atoms with E-state index in [1.807, 2.05) is 0 Å². The summed E-state index contributed by atoms with van der Waals surface area (Å²) in [7, 11) is 0. The Labute approximate surface area is 116 Å². The summed E-state index contributed by atoms with van der Waals surface area (Å²) >= 11 is 0. The van der Waals surface area contributed by atoms with Crippen LogP contribution in [0.2, 0.25) is 0 Å². The second kappa shape index (κ2) is 7.20. The van der Waals surface area contributed by atoms with Crippen LogP contribution in [0.25, 0.3) is 0 Å². The van der Waals surface area contributed by atoms with E-state index in [4.69, 9.17) is 0 Å². The molecule has 0 heterocycles. The van der Waals surface area contributed by atoms with E-state index in [2.05, 4.69) is 79.8 Å². The van der Waals surface area contributed by atoms with E-state index < -0.39 is 0 Å². The van der Waals surface area contributed by atoms with Crippen LogP contribution in [-0.4, -0.2) is 0 Å². The maximum atomic E-state index is 3.61. The Morgan fingerprint density at radius 1 is 0.667 bits per heavy atom. The van der Waals surface area contributed by atoms with Gasteiger partial charge in [0.15, 0.2) is 0 Å². The van der Waals surface area contributed by atoms with Crippen molar-refractivity contribution in [3.05, 3.63) is 71.8 Å². The van der Waals surface area contributed by atoms with Gasteiger partial charge in [-0.15, -0.1) is 12.4 Å². The zero-order valence-corrected chi connectivity index (χ0v) is 11.7. The summed E-state index contributed by atoms with van der Waals surface area (Å²) in [5.41, 5.74) is 2.66. The molecule has 0 radical (unpaired) electrons. The van der Waals surface area contributed by atoms with E-state index >= 15 is 0 Å². The standard InChI is InChI=1S/C16H19N.ClH/c1-13(15-9-5-3-6-10-15)17-14(2)16-11-7-4-8-12-16;/h3-14,17H,1-2H3;1H/t13-,14?;/m0./s1. The molecular weight excluding hydrogens is 242 g/mol. The largest absolute Gasteiger partial charge is 0.304 e. The van der Waals surface area contributed by atoms with Gasteiger partial charge in [-0.3, -0.25) is 0 Å². The smallest absolute Gasteiger partial charge is 0.0297 e. The van der Waals surface area contributed by atoms with Gasteiger partial charge in [0.2, 0.25) is 0 Å². The van der Waals surface area contributed by atoms with Gasteiger partial charge in [-0.1, -0.05) is 60.7 Å². The molecule has 0 saturated heterocycles. The molecule has 2 aromatic rings. The SMILES string of the molecule is CC(N[C@@H](C)c1ccccc1)c1ccccc1.Cl. The van der Waals surface area contributed by atoms with Crippen molar-refractivity contribution in [3.63, 3.8) is 0 Å². The van der Waals surface area contributed by atoms with E-state index in [1.54, 1.807) is 0 Å². The number of nitrogens with one attached hydrogen (secondary N) is 1. The summed E-state index contributed by atoms with van der Waals surface area (Å²) in [6, 6.07) is 21.8. The first kappa shape index (κ1) is 14.7. The van der Waals surface area contributed by atoms with Crippen molar-refractivity contribution in [3.8, 4) is 0 Å². The fourth-order valence-electron chi connectivity index (χ4n) is 2.05. The normalized spacial score (nSPS) is 13.4. The molecule has 1 nitrogen and oxygen atoms in total. The number of hydrogen-bond acceptors (Lipinski definition) is 1. The molecule has 0 aliphatic heterocycles. The van der Waals surface area contributed by atoms with Crippen LogP contribution in [0.1, 0.15) is 37.1 Å². The minimum Gasteiger partial charge on any atom is -0.304 e. The quantitative estimate of drug-likeness (QED) is 0.853. The summed E-state index contributed by atoms with van der Waals surface area (Å²) in [5.74, 6) is 0. The molecule has 1 N–H and O–H groups in total. The number of rotatable bonds is 4. The molecule has 0 bridgehead atoms. The second-order valence-electron chi connectivity index (χ2n) is 4.43. The molecule has 0 aliphatic carbocycles. The Kier molecular flexibility index (Phi) is 5.90. The predicted molar refractivity (Wildman–Crippen MR) is 80.1 cm³/mol. The molecule has 2 atom stereocenters. The monoisotopic (exact) mass is 261 g/mol. The van der Waals surface area contributed by atoms with Gasteiger partial charge >= 0.3 is 0 Å². The van der Waals surface area contributed by atoms with E-state index in [1.165, 1.54) is 11.1 Å². The lowest BCUT2D eigenvalue weighted by molar-refractivity contribution is 0.495. The van der Waals surface area contributed by atoms with Crippen molar-refractivity contribution in [2.45, 2.75) is 25.9 Å². The van der Waals surface area contributed by atoms with Crippen molar-refractivity contribution < 1.29 is 0 Å². The lowest BCUT2D eigenvalue weighted by Crippen LogP contribution is -2.22. The summed E-state index contributed by atoms with van der Waals surface area (Å²) in [6.45, 7) is 4.41. The molecule has 0 aliphatic rings. The number of halogens is 1. The third kappa shape index (κ3) is 3.86. The van der Waals surface area contributed by atoms with Gasteiger partial charge in [0.1, 0.15) is 0 Å². The summed E-state index contributed by atoms with van der Waals surface area (Å²) in [5, 5.41) is 3.61. The summed E-state index contributed by atoms with van der Waals surface area (Å²) in [4.78, 5) is 0. The van der Waals surface area contributed by atoms with Crippen molar-refractivity contribution in [2.75, 3.05) is 0 Å². The van der Waals surface area contributed by atoms with Crippen LogP contribution < -0.4 is 5.32 Å². The highest BCUT2D eigenvalue weighted by molar-refractivity contribution is 5.85. The highest BCUT2D eigenvalue weighted by Gasteiger charge is 2.09. The van der Waals surface area contributed by atoms with Crippen LogP contribution >= 0.6 is 12.4 Å². The summed E-state index contributed by atoms with van der Waals surface area (Å²) < 4.78 is 0. The van der Waals surface area contributed by atoms with Crippen LogP contribution in [0, 0.1) is 0 Å².